The average molecular weight is 446 g/mol. The number of anilines is 1. The highest BCUT2D eigenvalue weighted by Crippen LogP contribution is 2.31. The molecule has 2 heterocycles. The summed E-state index contributed by atoms with van der Waals surface area (Å²) in [5, 5.41) is 3.52. The third-order valence-corrected chi connectivity index (χ3v) is 6.65. The van der Waals surface area contributed by atoms with Gasteiger partial charge in [-0.2, -0.15) is 4.98 Å². The lowest BCUT2D eigenvalue weighted by atomic mass is 10.2. The predicted molar refractivity (Wildman–Crippen MR) is 118 cm³/mol. The molecule has 1 aliphatic heterocycles. The number of rotatable bonds is 8. The smallest absolute Gasteiger partial charge is 0.348 e. The second kappa shape index (κ2) is 9.74. The topological polar surface area (TPSA) is 91.7 Å². The van der Waals surface area contributed by atoms with Crippen LogP contribution in [0, 0.1) is 0 Å². The van der Waals surface area contributed by atoms with Crippen LogP contribution in [0.25, 0.3) is 0 Å². The third-order valence-electron chi connectivity index (χ3n) is 5.63. The summed E-state index contributed by atoms with van der Waals surface area (Å²) in [4.78, 5) is 29.6. The fraction of sp³-hybridized carbons (Fsp3) is 0.500. The van der Waals surface area contributed by atoms with Crippen LogP contribution in [0.2, 0.25) is 0 Å². The van der Waals surface area contributed by atoms with Crippen molar-refractivity contribution >= 4 is 23.4 Å². The lowest BCUT2D eigenvalue weighted by Crippen LogP contribution is -2.31. The zero-order valence-electron chi connectivity index (χ0n) is 17.8. The van der Waals surface area contributed by atoms with E-state index >= 15 is 0 Å². The molecular weight excluding hydrogens is 418 g/mol. The minimum Gasteiger partial charge on any atom is -0.497 e. The van der Waals surface area contributed by atoms with Crippen LogP contribution in [0.3, 0.4) is 0 Å². The molecule has 1 unspecified atom stereocenters. The van der Waals surface area contributed by atoms with E-state index in [1.165, 1.54) is 18.9 Å². The maximum absolute atomic E-state index is 12.7. The first-order valence-electron chi connectivity index (χ1n) is 10.5. The fourth-order valence-electron chi connectivity index (χ4n) is 4.11. The largest absolute Gasteiger partial charge is 0.497 e. The number of carbonyl (C=O) groups is 1. The van der Waals surface area contributed by atoms with Crippen molar-refractivity contribution in [2.75, 3.05) is 31.9 Å². The monoisotopic (exact) mass is 445 g/mol. The van der Waals surface area contributed by atoms with E-state index in [1.807, 2.05) is 0 Å². The van der Waals surface area contributed by atoms with E-state index in [0.29, 0.717) is 28.8 Å². The third kappa shape index (κ3) is 4.88. The van der Waals surface area contributed by atoms with Gasteiger partial charge in [-0.05, 0) is 44.2 Å². The van der Waals surface area contributed by atoms with Crippen molar-refractivity contribution in [3.63, 3.8) is 0 Å². The first-order valence-corrected chi connectivity index (χ1v) is 11.5. The number of amides is 1. The van der Waals surface area contributed by atoms with Gasteiger partial charge in [0.05, 0.1) is 38.3 Å². The summed E-state index contributed by atoms with van der Waals surface area (Å²) >= 11 is 1.31. The zero-order valence-corrected chi connectivity index (χ0v) is 18.6. The van der Waals surface area contributed by atoms with Gasteiger partial charge in [0.2, 0.25) is 5.91 Å². The van der Waals surface area contributed by atoms with Gasteiger partial charge in [0.1, 0.15) is 16.5 Å². The summed E-state index contributed by atoms with van der Waals surface area (Å²) in [6.45, 7) is 1.33. The summed E-state index contributed by atoms with van der Waals surface area (Å²) in [5.74, 6) is 1.13. The number of aromatic nitrogens is 2. The Bertz CT molecular complexity index is 1020. The number of carbonyl (C=O) groups excluding carboxylic acids is 1. The van der Waals surface area contributed by atoms with Crippen LogP contribution in [0.5, 0.6) is 11.5 Å². The van der Waals surface area contributed by atoms with Crippen LogP contribution in [-0.2, 0) is 28.9 Å². The minimum absolute atomic E-state index is 0.0907. The minimum atomic E-state index is -0.254. The van der Waals surface area contributed by atoms with Crippen LogP contribution in [-0.4, -0.2) is 48.1 Å². The highest BCUT2D eigenvalue weighted by molar-refractivity contribution is 8.00. The van der Waals surface area contributed by atoms with E-state index in [4.69, 9.17) is 14.2 Å². The molecule has 0 spiro atoms. The molecule has 4 rings (SSSR count). The van der Waals surface area contributed by atoms with Gasteiger partial charge < -0.3 is 19.5 Å². The lowest BCUT2D eigenvalue weighted by Gasteiger charge is -2.17. The Labute approximate surface area is 185 Å². The first-order chi connectivity index (χ1) is 15.1. The van der Waals surface area contributed by atoms with Crippen LogP contribution in [0.15, 0.2) is 28.0 Å². The van der Waals surface area contributed by atoms with Crippen LogP contribution < -0.4 is 20.5 Å². The Morgan fingerprint density at radius 2 is 2.16 bits per heavy atom. The van der Waals surface area contributed by atoms with Gasteiger partial charge >= 0.3 is 5.69 Å². The molecule has 9 heteroatoms. The maximum atomic E-state index is 12.7. The summed E-state index contributed by atoms with van der Waals surface area (Å²) in [5.41, 5.74) is 2.46. The highest BCUT2D eigenvalue weighted by atomic mass is 32.2. The van der Waals surface area contributed by atoms with Gasteiger partial charge in [-0.1, -0.05) is 11.8 Å². The normalized spacial score (nSPS) is 17.4. The van der Waals surface area contributed by atoms with Crippen molar-refractivity contribution < 1.29 is 19.0 Å². The molecular formula is C22H27N3O5S. The van der Waals surface area contributed by atoms with Crippen molar-refractivity contribution in [1.82, 2.24) is 9.55 Å². The first kappa shape index (κ1) is 21.7. The summed E-state index contributed by atoms with van der Waals surface area (Å²) in [6.07, 6.45) is 4.85. The van der Waals surface area contributed by atoms with Crippen molar-refractivity contribution in [2.45, 2.75) is 49.8 Å². The molecule has 8 nitrogen and oxygen atoms in total. The van der Waals surface area contributed by atoms with Gasteiger partial charge in [-0.3, -0.25) is 9.36 Å². The molecule has 166 valence electrons. The van der Waals surface area contributed by atoms with Gasteiger partial charge in [-0.25, -0.2) is 4.79 Å². The number of ether oxygens (including phenoxy) is 3. The van der Waals surface area contributed by atoms with E-state index in [1.54, 1.807) is 29.9 Å². The Hall–Kier alpha value is -2.52. The molecule has 0 radical (unpaired) electrons. The van der Waals surface area contributed by atoms with Gasteiger partial charge in [0.15, 0.2) is 0 Å². The number of hydrogen-bond acceptors (Lipinski definition) is 7. The van der Waals surface area contributed by atoms with E-state index < -0.39 is 0 Å². The molecule has 1 aliphatic carbocycles. The van der Waals surface area contributed by atoms with Crippen molar-refractivity contribution in [1.29, 1.82) is 0 Å². The zero-order chi connectivity index (χ0) is 21.8. The molecule has 0 bridgehead atoms. The fourth-order valence-corrected chi connectivity index (χ4v) is 4.98. The molecule has 1 fully saturated rings. The van der Waals surface area contributed by atoms with Gasteiger partial charge in [0.25, 0.3) is 0 Å². The Kier molecular flexibility index (Phi) is 6.82. The van der Waals surface area contributed by atoms with E-state index in [-0.39, 0.29) is 23.5 Å². The number of nitrogens with zero attached hydrogens (tertiary/aromatic N) is 2. The summed E-state index contributed by atoms with van der Waals surface area (Å²) in [7, 11) is 3.11. The second-order valence-corrected chi connectivity index (χ2v) is 8.59. The molecule has 31 heavy (non-hydrogen) atoms. The lowest BCUT2D eigenvalue weighted by molar-refractivity contribution is -0.113. The van der Waals surface area contributed by atoms with Gasteiger partial charge in [-0.15, -0.1) is 0 Å². The Morgan fingerprint density at radius 3 is 2.90 bits per heavy atom. The molecule has 1 saturated heterocycles. The molecule has 2 aliphatic rings. The molecule has 1 atom stereocenters. The number of nitrogens with one attached hydrogen (secondary N) is 1. The molecule has 2 aromatic rings. The molecule has 0 saturated carbocycles. The van der Waals surface area contributed by atoms with Crippen molar-refractivity contribution in [3.8, 4) is 11.5 Å². The predicted octanol–water partition coefficient (Wildman–Crippen LogP) is 2.66. The highest BCUT2D eigenvalue weighted by Gasteiger charge is 2.25. The van der Waals surface area contributed by atoms with Crippen LogP contribution >= 0.6 is 11.8 Å². The van der Waals surface area contributed by atoms with Gasteiger partial charge in [0, 0.05) is 23.9 Å². The quantitative estimate of drug-likeness (QED) is 0.493. The number of thioether (sulfide) groups is 1. The molecule has 1 aromatic heterocycles. The maximum Gasteiger partial charge on any atom is 0.348 e. The van der Waals surface area contributed by atoms with Crippen LogP contribution in [0.1, 0.15) is 30.5 Å². The Morgan fingerprint density at radius 1 is 1.29 bits per heavy atom. The van der Waals surface area contributed by atoms with Crippen molar-refractivity contribution in [2.24, 2.45) is 0 Å². The number of fused-ring (bicyclic) bond motifs is 1. The molecule has 1 aromatic carbocycles. The SMILES string of the molecule is COc1ccc(NC(=O)CSc2nc(=O)n(CC3CCCO3)c3c2CCC3)c(OC)c1. The summed E-state index contributed by atoms with van der Waals surface area (Å²) < 4.78 is 18.0. The summed E-state index contributed by atoms with van der Waals surface area (Å²) in [6, 6.07) is 5.21. The van der Waals surface area contributed by atoms with E-state index in [0.717, 1.165) is 50.0 Å². The molecule has 1 amide bonds. The average Bonchev–Trinajstić information content (AvgIpc) is 3.47. The Balaban J connectivity index is 1.45. The van der Waals surface area contributed by atoms with E-state index in [2.05, 4.69) is 10.3 Å². The number of benzene rings is 1. The second-order valence-electron chi connectivity index (χ2n) is 7.63. The number of methoxy groups -OCH3 is 2. The van der Waals surface area contributed by atoms with E-state index in [9.17, 15) is 9.59 Å². The molecule has 1 N–H and O–H groups in total. The standard InChI is InChI=1S/C22H27N3O5S/c1-28-14-8-9-17(19(11-14)29-2)23-20(26)13-31-21-16-6-3-7-18(16)25(22(27)24-21)12-15-5-4-10-30-15/h8-9,11,15H,3-7,10,12-13H2,1-2H3,(H,23,26). The number of hydrogen-bond donors (Lipinski definition) is 1. The van der Waals surface area contributed by atoms with Crippen LogP contribution in [0.4, 0.5) is 5.69 Å². The van der Waals surface area contributed by atoms with Crippen molar-refractivity contribution in [3.05, 3.63) is 39.9 Å².